The van der Waals surface area contributed by atoms with Gasteiger partial charge in [0.1, 0.15) is 11.4 Å². The van der Waals surface area contributed by atoms with E-state index in [0.717, 1.165) is 5.52 Å². The molecule has 0 radical (unpaired) electrons. The van der Waals surface area contributed by atoms with Crippen molar-refractivity contribution in [1.29, 1.82) is 0 Å². The first-order chi connectivity index (χ1) is 7.75. The molecule has 3 aromatic rings. The first kappa shape index (κ1) is 8.91. The average molecular weight is 212 g/mol. The van der Waals surface area contributed by atoms with Crippen molar-refractivity contribution in [2.45, 2.75) is 0 Å². The van der Waals surface area contributed by atoms with Gasteiger partial charge >= 0.3 is 0 Å². The Balaban J connectivity index is 2.61. The van der Waals surface area contributed by atoms with Crippen molar-refractivity contribution in [2.75, 3.05) is 0 Å². The third-order valence-corrected chi connectivity index (χ3v) is 2.54. The largest absolute Gasteiger partial charge is 0.506 e. The molecule has 0 fully saturated rings. The van der Waals surface area contributed by atoms with Crippen LogP contribution in [0.4, 0.5) is 0 Å². The van der Waals surface area contributed by atoms with E-state index in [0.29, 0.717) is 16.4 Å². The van der Waals surface area contributed by atoms with Gasteiger partial charge in [-0.2, -0.15) is 0 Å². The highest BCUT2D eigenvalue weighted by molar-refractivity contribution is 5.90. The van der Waals surface area contributed by atoms with Gasteiger partial charge in [-0.25, -0.2) is 4.98 Å². The molecule has 16 heavy (non-hydrogen) atoms. The van der Waals surface area contributed by atoms with E-state index in [1.54, 1.807) is 12.1 Å². The summed E-state index contributed by atoms with van der Waals surface area (Å²) >= 11 is 0. The summed E-state index contributed by atoms with van der Waals surface area (Å²) in [5.41, 5.74) is 1.12. The molecule has 78 valence electrons. The van der Waals surface area contributed by atoms with E-state index in [4.69, 9.17) is 0 Å². The summed E-state index contributed by atoms with van der Waals surface area (Å²) in [6.07, 6.45) is 1.31. The van der Waals surface area contributed by atoms with E-state index in [2.05, 4.69) is 9.97 Å². The Morgan fingerprint density at radius 2 is 2.00 bits per heavy atom. The molecule has 4 heteroatoms. The molecule has 2 heterocycles. The molecule has 0 aliphatic rings. The first-order valence-corrected chi connectivity index (χ1v) is 4.85. The number of nitrogens with zero attached hydrogens (tertiary/aromatic N) is 1. The fourth-order valence-electron chi connectivity index (χ4n) is 1.79. The van der Waals surface area contributed by atoms with Crippen molar-refractivity contribution in [3.63, 3.8) is 0 Å². The molecule has 0 atom stereocenters. The maximum atomic E-state index is 12.1. The number of nitrogens with one attached hydrogen (secondary N) is 1. The number of aromatic hydroxyl groups is 1. The predicted octanol–water partition coefficient (Wildman–Crippen LogP) is 1.78. The number of hydrogen-bond donors (Lipinski definition) is 2. The van der Waals surface area contributed by atoms with Crippen LogP contribution in [0.5, 0.6) is 5.75 Å². The van der Waals surface area contributed by atoms with Crippen molar-refractivity contribution < 1.29 is 5.11 Å². The standard InChI is InChI=1S/C12H8N2O2/c15-7-5-9-11(16)8-3-1-2-4-10(8)14-12(9)13-6-7/h1-6,15H,(H,13,14,16). The van der Waals surface area contributed by atoms with Gasteiger partial charge in [-0.1, -0.05) is 12.1 Å². The minimum atomic E-state index is -0.118. The van der Waals surface area contributed by atoms with Gasteiger partial charge in [0.05, 0.1) is 17.1 Å². The monoisotopic (exact) mass is 212 g/mol. The van der Waals surface area contributed by atoms with Crippen LogP contribution in [0, 0.1) is 0 Å². The lowest BCUT2D eigenvalue weighted by atomic mass is 10.1. The van der Waals surface area contributed by atoms with E-state index in [1.807, 2.05) is 12.1 Å². The molecule has 4 nitrogen and oxygen atoms in total. The molecule has 0 amide bonds. The minimum Gasteiger partial charge on any atom is -0.506 e. The second-order valence-electron chi connectivity index (χ2n) is 3.59. The Morgan fingerprint density at radius 3 is 2.88 bits per heavy atom. The Hall–Kier alpha value is -2.36. The second kappa shape index (κ2) is 3.06. The topological polar surface area (TPSA) is 66.0 Å². The third-order valence-electron chi connectivity index (χ3n) is 2.54. The van der Waals surface area contributed by atoms with E-state index >= 15 is 0 Å². The highest BCUT2D eigenvalue weighted by Crippen LogP contribution is 2.16. The lowest BCUT2D eigenvalue weighted by Crippen LogP contribution is -2.04. The zero-order valence-electron chi connectivity index (χ0n) is 8.27. The molecule has 0 saturated heterocycles. The van der Waals surface area contributed by atoms with E-state index in [-0.39, 0.29) is 11.2 Å². The lowest BCUT2D eigenvalue weighted by molar-refractivity contribution is 0.474. The maximum absolute atomic E-state index is 12.1. The smallest absolute Gasteiger partial charge is 0.198 e. The lowest BCUT2D eigenvalue weighted by Gasteiger charge is -2.01. The van der Waals surface area contributed by atoms with Crippen molar-refractivity contribution >= 4 is 21.9 Å². The summed E-state index contributed by atoms with van der Waals surface area (Å²) in [5.74, 6) is -0.00622. The molecule has 1 aromatic carbocycles. The van der Waals surface area contributed by atoms with Crippen LogP contribution in [0.2, 0.25) is 0 Å². The molecular formula is C12H8N2O2. The molecular weight excluding hydrogens is 204 g/mol. The van der Waals surface area contributed by atoms with Crippen LogP contribution in [0.3, 0.4) is 0 Å². The maximum Gasteiger partial charge on any atom is 0.198 e. The van der Waals surface area contributed by atoms with Gasteiger partial charge in [-0.15, -0.1) is 0 Å². The molecule has 0 aliphatic heterocycles. The normalized spacial score (nSPS) is 11.0. The molecule has 2 aromatic heterocycles. The SMILES string of the molecule is O=c1c2ccccc2[nH]c2ncc(O)cc12. The number of benzene rings is 1. The van der Waals surface area contributed by atoms with Gasteiger partial charge in [0.2, 0.25) is 0 Å². The molecule has 0 saturated carbocycles. The summed E-state index contributed by atoms with van der Waals surface area (Å²) in [6, 6.07) is 8.65. The number of para-hydroxylation sites is 1. The van der Waals surface area contributed by atoms with Crippen LogP contribution < -0.4 is 5.43 Å². The summed E-state index contributed by atoms with van der Waals surface area (Å²) < 4.78 is 0. The first-order valence-electron chi connectivity index (χ1n) is 4.85. The summed E-state index contributed by atoms with van der Waals surface area (Å²) in [5, 5.41) is 10.3. The highest BCUT2D eigenvalue weighted by Gasteiger charge is 2.05. The van der Waals surface area contributed by atoms with Crippen LogP contribution in [-0.2, 0) is 0 Å². The molecule has 0 spiro atoms. The van der Waals surface area contributed by atoms with Gasteiger partial charge in [-0.05, 0) is 18.2 Å². The summed E-state index contributed by atoms with van der Waals surface area (Å²) in [6.45, 7) is 0. The number of hydrogen-bond acceptors (Lipinski definition) is 3. The zero-order chi connectivity index (χ0) is 11.1. The number of aromatic amines is 1. The quantitative estimate of drug-likeness (QED) is 0.558. The number of aromatic nitrogens is 2. The van der Waals surface area contributed by atoms with Crippen LogP contribution in [0.25, 0.3) is 21.9 Å². The van der Waals surface area contributed by atoms with Crippen LogP contribution in [-0.4, -0.2) is 15.1 Å². The Bertz CT molecular complexity index is 747. The van der Waals surface area contributed by atoms with Crippen molar-refractivity contribution in [3.8, 4) is 5.75 Å². The van der Waals surface area contributed by atoms with Crippen LogP contribution in [0.1, 0.15) is 0 Å². The van der Waals surface area contributed by atoms with Crippen LogP contribution in [0.15, 0.2) is 41.3 Å². The van der Waals surface area contributed by atoms with Crippen molar-refractivity contribution in [2.24, 2.45) is 0 Å². The number of pyridine rings is 2. The predicted molar refractivity (Wildman–Crippen MR) is 61.5 cm³/mol. The number of H-pyrrole nitrogens is 1. The Kier molecular flexibility index (Phi) is 1.71. The highest BCUT2D eigenvalue weighted by atomic mass is 16.3. The van der Waals surface area contributed by atoms with E-state index in [9.17, 15) is 9.90 Å². The van der Waals surface area contributed by atoms with Crippen LogP contribution >= 0.6 is 0 Å². The van der Waals surface area contributed by atoms with Gasteiger partial charge in [0.25, 0.3) is 0 Å². The zero-order valence-corrected chi connectivity index (χ0v) is 8.27. The number of fused-ring (bicyclic) bond motifs is 2. The summed E-state index contributed by atoms with van der Waals surface area (Å²) in [7, 11) is 0. The number of rotatable bonds is 0. The van der Waals surface area contributed by atoms with Gasteiger partial charge in [0.15, 0.2) is 5.43 Å². The van der Waals surface area contributed by atoms with Gasteiger partial charge < -0.3 is 10.1 Å². The molecule has 3 rings (SSSR count). The fraction of sp³-hybridized carbons (Fsp3) is 0. The fourth-order valence-corrected chi connectivity index (χ4v) is 1.79. The molecule has 0 unspecified atom stereocenters. The average Bonchev–Trinajstić information content (AvgIpc) is 2.31. The molecule has 0 bridgehead atoms. The third kappa shape index (κ3) is 1.16. The second-order valence-corrected chi connectivity index (χ2v) is 3.59. The Labute approximate surface area is 90.2 Å². The van der Waals surface area contributed by atoms with Gasteiger partial charge in [-0.3, -0.25) is 4.79 Å². The van der Waals surface area contributed by atoms with Gasteiger partial charge in [0, 0.05) is 5.39 Å². The summed E-state index contributed by atoms with van der Waals surface area (Å²) in [4.78, 5) is 19.1. The minimum absolute atomic E-state index is 0.00622. The molecule has 0 aliphatic carbocycles. The Morgan fingerprint density at radius 1 is 1.19 bits per heavy atom. The molecule has 2 N–H and O–H groups in total. The van der Waals surface area contributed by atoms with E-state index < -0.39 is 0 Å². The van der Waals surface area contributed by atoms with Crippen molar-refractivity contribution in [3.05, 3.63) is 46.8 Å². The van der Waals surface area contributed by atoms with Crippen molar-refractivity contribution in [1.82, 2.24) is 9.97 Å². The van der Waals surface area contributed by atoms with E-state index in [1.165, 1.54) is 12.3 Å².